The standard InChI is InChI=1S/C20H22ClNO3/c1-14-5-3-4-6-18(14)20(23)22-9-10-24-17(12-22)13-25-16-7-8-19(21)15(2)11-16/h3-8,11,17H,9-10,12-13H2,1-2H3/t17-/m1/s1. The van der Waals surface area contributed by atoms with Gasteiger partial charge in [-0.1, -0.05) is 29.8 Å². The topological polar surface area (TPSA) is 38.8 Å². The molecule has 0 radical (unpaired) electrons. The lowest BCUT2D eigenvalue weighted by Gasteiger charge is -2.33. The van der Waals surface area contributed by atoms with Crippen LogP contribution in [-0.4, -0.2) is 43.2 Å². The number of aryl methyl sites for hydroxylation is 2. The number of hydrogen-bond donors (Lipinski definition) is 0. The summed E-state index contributed by atoms with van der Waals surface area (Å²) in [5.41, 5.74) is 2.71. The molecule has 1 aliphatic rings. The second-order valence-corrected chi connectivity index (χ2v) is 6.69. The average molecular weight is 360 g/mol. The maximum Gasteiger partial charge on any atom is 0.254 e. The first-order chi connectivity index (χ1) is 12.0. The van der Waals surface area contributed by atoms with Gasteiger partial charge in [0.2, 0.25) is 0 Å². The number of benzene rings is 2. The van der Waals surface area contributed by atoms with E-state index in [0.29, 0.717) is 26.3 Å². The van der Waals surface area contributed by atoms with Crippen molar-refractivity contribution < 1.29 is 14.3 Å². The Balaban J connectivity index is 1.60. The smallest absolute Gasteiger partial charge is 0.254 e. The molecule has 0 saturated carbocycles. The molecule has 4 nitrogen and oxygen atoms in total. The summed E-state index contributed by atoms with van der Waals surface area (Å²) in [6.07, 6.45) is -0.141. The van der Waals surface area contributed by atoms with Crippen molar-refractivity contribution >= 4 is 17.5 Å². The first-order valence-corrected chi connectivity index (χ1v) is 8.78. The minimum atomic E-state index is -0.141. The number of amides is 1. The molecule has 0 N–H and O–H groups in total. The van der Waals surface area contributed by atoms with Gasteiger partial charge in [-0.3, -0.25) is 4.79 Å². The highest BCUT2D eigenvalue weighted by atomic mass is 35.5. The van der Waals surface area contributed by atoms with E-state index in [1.165, 1.54) is 0 Å². The van der Waals surface area contributed by atoms with Crippen molar-refractivity contribution in [3.05, 3.63) is 64.2 Å². The van der Waals surface area contributed by atoms with E-state index >= 15 is 0 Å². The van der Waals surface area contributed by atoms with Crippen molar-refractivity contribution in [1.29, 1.82) is 0 Å². The Kier molecular flexibility index (Phi) is 5.61. The molecule has 2 aromatic carbocycles. The third-order valence-corrected chi connectivity index (χ3v) is 4.79. The number of ether oxygens (including phenoxy) is 2. The molecular formula is C20H22ClNO3. The molecule has 0 bridgehead atoms. The third kappa shape index (κ3) is 4.33. The van der Waals surface area contributed by atoms with Gasteiger partial charge in [0.15, 0.2) is 0 Å². The van der Waals surface area contributed by atoms with Crippen LogP contribution in [0.5, 0.6) is 5.75 Å². The van der Waals surface area contributed by atoms with Crippen molar-refractivity contribution in [2.45, 2.75) is 20.0 Å². The van der Waals surface area contributed by atoms with E-state index in [1.807, 2.05) is 61.2 Å². The molecule has 1 fully saturated rings. The second kappa shape index (κ2) is 7.89. The third-order valence-electron chi connectivity index (χ3n) is 4.37. The van der Waals surface area contributed by atoms with Crippen LogP contribution in [0.1, 0.15) is 21.5 Å². The van der Waals surface area contributed by atoms with Crippen molar-refractivity contribution in [3.8, 4) is 5.75 Å². The molecule has 25 heavy (non-hydrogen) atoms. The molecule has 1 amide bonds. The first-order valence-electron chi connectivity index (χ1n) is 8.40. The lowest BCUT2D eigenvalue weighted by atomic mass is 10.1. The highest BCUT2D eigenvalue weighted by Gasteiger charge is 2.26. The van der Waals surface area contributed by atoms with Crippen molar-refractivity contribution in [2.75, 3.05) is 26.3 Å². The van der Waals surface area contributed by atoms with Crippen molar-refractivity contribution in [1.82, 2.24) is 4.90 Å². The minimum Gasteiger partial charge on any atom is -0.491 e. The van der Waals surface area contributed by atoms with Gasteiger partial charge in [0.1, 0.15) is 18.5 Å². The zero-order valence-corrected chi connectivity index (χ0v) is 15.3. The van der Waals surface area contributed by atoms with Crippen molar-refractivity contribution in [2.24, 2.45) is 0 Å². The largest absolute Gasteiger partial charge is 0.491 e. The molecule has 1 atom stereocenters. The van der Waals surface area contributed by atoms with E-state index in [0.717, 1.165) is 27.5 Å². The average Bonchev–Trinajstić information content (AvgIpc) is 2.63. The van der Waals surface area contributed by atoms with E-state index in [2.05, 4.69) is 0 Å². The van der Waals surface area contributed by atoms with Crippen LogP contribution in [0.4, 0.5) is 0 Å². The van der Waals surface area contributed by atoms with Crippen LogP contribution >= 0.6 is 11.6 Å². The summed E-state index contributed by atoms with van der Waals surface area (Å²) >= 11 is 6.03. The molecule has 132 valence electrons. The number of rotatable bonds is 4. The Morgan fingerprint density at radius 3 is 2.80 bits per heavy atom. The lowest BCUT2D eigenvalue weighted by molar-refractivity contribution is -0.0401. The molecule has 1 saturated heterocycles. The van der Waals surface area contributed by atoms with Gasteiger partial charge < -0.3 is 14.4 Å². The molecule has 2 aromatic rings. The molecule has 5 heteroatoms. The van der Waals surface area contributed by atoms with Gasteiger partial charge >= 0.3 is 0 Å². The number of halogens is 1. The fraction of sp³-hybridized carbons (Fsp3) is 0.350. The van der Waals surface area contributed by atoms with Crippen LogP contribution in [0.2, 0.25) is 5.02 Å². The lowest BCUT2D eigenvalue weighted by Crippen LogP contribution is -2.47. The first kappa shape index (κ1) is 17.8. The molecule has 0 aliphatic carbocycles. The van der Waals surface area contributed by atoms with Crippen LogP contribution in [0.3, 0.4) is 0 Å². The second-order valence-electron chi connectivity index (χ2n) is 6.28. The van der Waals surface area contributed by atoms with Crippen LogP contribution in [0, 0.1) is 13.8 Å². The Labute approximate surface area is 153 Å². The van der Waals surface area contributed by atoms with Gasteiger partial charge in [0.05, 0.1) is 13.2 Å². The molecule has 1 heterocycles. The van der Waals surface area contributed by atoms with Gasteiger partial charge in [-0.2, -0.15) is 0 Å². The molecular weight excluding hydrogens is 338 g/mol. The zero-order chi connectivity index (χ0) is 17.8. The Morgan fingerprint density at radius 1 is 1.24 bits per heavy atom. The maximum atomic E-state index is 12.7. The van der Waals surface area contributed by atoms with E-state index in [9.17, 15) is 4.79 Å². The van der Waals surface area contributed by atoms with Gasteiger partial charge in [-0.15, -0.1) is 0 Å². The highest BCUT2D eigenvalue weighted by molar-refractivity contribution is 6.31. The van der Waals surface area contributed by atoms with E-state index < -0.39 is 0 Å². The normalized spacial score (nSPS) is 17.4. The van der Waals surface area contributed by atoms with E-state index in [4.69, 9.17) is 21.1 Å². The molecule has 3 rings (SSSR count). The fourth-order valence-electron chi connectivity index (χ4n) is 2.88. The number of carbonyl (C=O) groups excluding carboxylic acids is 1. The minimum absolute atomic E-state index is 0.0498. The number of carbonyl (C=O) groups is 1. The summed E-state index contributed by atoms with van der Waals surface area (Å²) in [7, 11) is 0. The van der Waals surface area contributed by atoms with Gasteiger partial charge in [0.25, 0.3) is 5.91 Å². The summed E-state index contributed by atoms with van der Waals surface area (Å²) in [5.74, 6) is 0.807. The number of morpholine rings is 1. The Hall–Kier alpha value is -2.04. The number of hydrogen-bond acceptors (Lipinski definition) is 3. The fourth-order valence-corrected chi connectivity index (χ4v) is 3.00. The van der Waals surface area contributed by atoms with Crippen LogP contribution in [0.15, 0.2) is 42.5 Å². The highest BCUT2D eigenvalue weighted by Crippen LogP contribution is 2.22. The zero-order valence-electron chi connectivity index (χ0n) is 14.5. The Bertz CT molecular complexity index is 762. The summed E-state index contributed by atoms with van der Waals surface area (Å²) in [5, 5.41) is 0.719. The van der Waals surface area contributed by atoms with Gasteiger partial charge in [-0.25, -0.2) is 0 Å². The SMILES string of the molecule is Cc1cc(OC[C@H]2CN(C(=O)c3ccccc3C)CCO2)ccc1Cl. The van der Waals surface area contributed by atoms with Crippen LogP contribution < -0.4 is 4.74 Å². The van der Waals surface area contributed by atoms with Gasteiger partial charge in [0, 0.05) is 17.1 Å². The van der Waals surface area contributed by atoms with Crippen molar-refractivity contribution in [3.63, 3.8) is 0 Å². The monoisotopic (exact) mass is 359 g/mol. The van der Waals surface area contributed by atoms with Crippen LogP contribution in [-0.2, 0) is 4.74 Å². The number of nitrogens with zero attached hydrogens (tertiary/aromatic N) is 1. The van der Waals surface area contributed by atoms with Gasteiger partial charge in [-0.05, 0) is 49.2 Å². The summed E-state index contributed by atoms with van der Waals surface area (Å²) in [6, 6.07) is 13.2. The molecule has 0 unspecified atom stereocenters. The molecule has 1 aliphatic heterocycles. The Morgan fingerprint density at radius 2 is 2.04 bits per heavy atom. The predicted molar refractivity (Wildman–Crippen MR) is 98.5 cm³/mol. The van der Waals surface area contributed by atoms with E-state index in [1.54, 1.807) is 0 Å². The maximum absolute atomic E-state index is 12.7. The summed E-state index contributed by atoms with van der Waals surface area (Å²) in [4.78, 5) is 14.6. The van der Waals surface area contributed by atoms with E-state index in [-0.39, 0.29) is 12.0 Å². The summed E-state index contributed by atoms with van der Waals surface area (Å²) in [6.45, 7) is 5.94. The summed E-state index contributed by atoms with van der Waals surface area (Å²) < 4.78 is 11.6. The molecule has 0 spiro atoms. The molecule has 0 aromatic heterocycles. The predicted octanol–water partition coefficient (Wildman–Crippen LogP) is 3.88. The quantitative estimate of drug-likeness (QED) is 0.831. The van der Waals surface area contributed by atoms with Crippen LogP contribution in [0.25, 0.3) is 0 Å².